The topological polar surface area (TPSA) is 47.3 Å². The quantitative estimate of drug-likeness (QED) is 0.656. The Bertz CT molecular complexity index is 435. The first-order valence-corrected chi connectivity index (χ1v) is 6.51. The van der Waals surface area contributed by atoms with Crippen LogP contribution in [0.4, 0.5) is 11.4 Å². The average Bonchev–Trinajstić information content (AvgIpc) is 2.39. The molecule has 0 aliphatic carbocycles. The maximum absolute atomic E-state index is 5.61. The van der Waals surface area contributed by atoms with E-state index in [9.17, 15) is 0 Å². The molecule has 94 valence electrons. The summed E-state index contributed by atoms with van der Waals surface area (Å²) in [7, 11) is 0. The molecule has 0 fully saturated rings. The van der Waals surface area contributed by atoms with Crippen molar-refractivity contribution in [1.82, 2.24) is 0 Å². The Kier molecular flexibility index (Phi) is 4.47. The van der Waals surface area contributed by atoms with Gasteiger partial charge in [0.25, 0.3) is 0 Å². The molecule has 0 heterocycles. The van der Waals surface area contributed by atoms with Crippen molar-refractivity contribution in [1.29, 1.82) is 0 Å². The van der Waals surface area contributed by atoms with Crippen molar-refractivity contribution in [2.45, 2.75) is 0 Å². The highest BCUT2D eigenvalue weighted by Gasteiger charge is 1.94. The second-order valence-electron chi connectivity index (χ2n) is 3.85. The third-order valence-electron chi connectivity index (χ3n) is 2.42. The van der Waals surface area contributed by atoms with Crippen molar-refractivity contribution >= 4 is 27.3 Å². The summed E-state index contributed by atoms with van der Waals surface area (Å²) in [5.41, 5.74) is 7.43. The Balaban J connectivity index is 1.73. The fraction of sp³-hybridized carbons (Fsp3) is 0.143. The van der Waals surface area contributed by atoms with Gasteiger partial charge in [-0.25, -0.2) is 0 Å². The fourth-order valence-corrected chi connectivity index (χ4v) is 1.76. The van der Waals surface area contributed by atoms with Crippen molar-refractivity contribution in [3.05, 3.63) is 53.0 Å². The molecule has 0 amide bonds. The van der Waals surface area contributed by atoms with E-state index in [0.717, 1.165) is 28.1 Å². The summed E-state index contributed by atoms with van der Waals surface area (Å²) >= 11 is 3.39. The minimum absolute atomic E-state index is 0.617. The van der Waals surface area contributed by atoms with Gasteiger partial charge in [0.15, 0.2) is 0 Å². The van der Waals surface area contributed by atoms with Crippen molar-refractivity contribution in [2.75, 3.05) is 24.2 Å². The van der Waals surface area contributed by atoms with Gasteiger partial charge in [-0.2, -0.15) is 0 Å². The lowest BCUT2D eigenvalue weighted by atomic mass is 10.3. The molecule has 0 aliphatic heterocycles. The number of halogens is 1. The van der Waals surface area contributed by atoms with E-state index in [1.165, 1.54) is 0 Å². The lowest BCUT2D eigenvalue weighted by Gasteiger charge is -2.08. The van der Waals surface area contributed by atoms with E-state index < -0.39 is 0 Å². The van der Waals surface area contributed by atoms with Crippen LogP contribution < -0.4 is 15.8 Å². The molecule has 2 rings (SSSR count). The van der Waals surface area contributed by atoms with Crippen molar-refractivity contribution in [3.63, 3.8) is 0 Å². The van der Waals surface area contributed by atoms with E-state index in [4.69, 9.17) is 10.5 Å². The molecule has 0 spiro atoms. The molecule has 0 bridgehead atoms. The van der Waals surface area contributed by atoms with E-state index in [0.29, 0.717) is 6.61 Å². The number of nitrogens with one attached hydrogen (secondary N) is 1. The zero-order chi connectivity index (χ0) is 12.8. The number of rotatable bonds is 5. The van der Waals surface area contributed by atoms with Crippen LogP contribution in [0.5, 0.6) is 5.75 Å². The molecular weight excluding hydrogens is 292 g/mol. The Labute approximate surface area is 115 Å². The Morgan fingerprint density at radius 2 is 1.67 bits per heavy atom. The molecule has 0 radical (unpaired) electrons. The number of nitrogens with two attached hydrogens (primary N) is 1. The number of anilines is 2. The number of nitrogen functional groups attached to an aromatic ring is 1. The second-order valence-corrected chi connectivity index (χ2v) is 4.77. The highest BCUT2D eigenvalue weighted by Crippen LogP contribution is 2.16. The van der Waals surface area contributed by atoms with E-state index in [2.05, 4.69) is 21.2 Å². The molecule has 0 saturated carbocycles. The van der Waals surface area contributed by atoms with Gasteiger partial charge in [-0.3, -0.25) is 0 Å². The molecule has 0 aromatic heterocycles. The summed E-state index contributed by atoms with van der Waals surface area (Å²) in [6.07, 6.45) is 0. The average molecular weight is 307 g/mol. The number of hydrogen-bond donors (Lipinski definition) is 2. The minimum atomic E-state index is 0.617. The van der Waals surface area contributed by atoms with Crippen LogP contribution in [0.25, 0.3) is 0 Å². The zero-order valence-corrected chi connectivity index (χ0v) is 11.5. The van der Waals surface area contributed by atoms with Gasteiger partial charge in [0, 0.05) is 22.4 Å². The Morgan fingerprint density at radius 1 is 1.00 bits per heavy atom. The van der Waals surface area contributed by atoms with E-state index >= 15 is 0 Å². The molecule has 2 aromatic rings. The standard InChI is InChI=1S/C14H15BrN2O/c15-11-1-7-14(8-2-11)18-10-9-17-13-5-3-12(16)4-6-13/h1-8,17H,9-10,16H2. The lowest BCUT2D eigenvalue weighted by Crippen LogP contribution is -2.11. The molecule has 0 aliphatic rings. The van der Waals surface area contributed by atoms with Crippen molar-refractivity contribution < 1.29 is 4.74 Å². The van der Waals surface area contributed by atoms with Crippen molar-refractivity contribution in [3.8, 4) is 5.75 Å². The summed E-state index contributed by atoms with van der Waals surface area (Å²) in [6.45, 7) is 1.37. The molecule has 3 nitrogen and oxygen atoms in total. The van der Waals surface area contributed by atoms with Crippen LogP contribution >= 0.6 is 15.9 Å². The van der Waals surface area contributed by atoms with Gasteiger partial charge in [-0.1, -0.05) is 15.9 Å². The third kappa shape index (κ3) is 3.96. The molecule has 0 saturated heterocycles. The number of hydrogen-bond acceptors (Lipinski definition) is 3. The Hall–Kier alpha value is -1.68. The fourth-order valence-electron chi connectivity index (χ4n) is 1.50. The van der Waals surface area contributed by atoms with Gasteiger partial charge < -0.3 is 15.8 Å². The maximum Gasteiger partial charge on any atom is 0.119 e. The maximum atomic E-state index is 5.61. The van der Waals surface area contributed by atoms with Gasteiger partial charge in [0.1, 0.15) is 12.4 Å². The third-order valence-corrected chi connectivity index (χ3v) is 2.95. The van der Waals surface area contributed by atoms with Crippen LogP contribution in [0, 0.1) is 0 Å². The molecule has 2 aromatic carbocycles. The SMILES string of the molecule is Nc1ccc(NCCOc2ccc(Br)cc2)cc1. The highest BCUT2D eigenvalue weighted by atomic mass is 79.9. The van der Waals surface area contributed by atoms with Gasteiger partial charge in [-0.15, -0.1) is 0 Å². The predicted molar refractivity (Wildman–Crippen MR) is 79.0 cm³/mol. The second kappa shape index (κ2) is 6.31. The summed E-state index contributed by atoms with van der Waals surface area (Å²) < 4.78 is 6.65. The Morgan fingerprint density at radius 3 is 2.33 bits per heavy atom. The number of ether oxygens (including phenoxy) is 1. The molecule has 3 N–H and O–H groups in total. The molecular formula is C14H15BrN2O. The van der Waals surface area contributed by atoms with Crippen LogP contribution in [0.3, 0.4) is 0 Å². The van der Waals surface area contributed by atoms with Gasteiger partial charge in [0.05, 0.1) is 0 Å². The largest absolute Gasteiger partial charge is 0.492 e. The highest BCUT2D eigenvalue weighted by molar-refractivity contribution is 9.10. The minimum Gasteiger partial charge on any atom is -0.492 e. The van der Waals surface area contributed by atoms with Crippen molar-refractivity contribution in [2.24, 2.45) is 0 Å². The zero-order valence-electron chi connectivity index (χ0n) is 9.90. The molecule has 4 heteroatoms. The molecule has 0 unspecified atom stereocenters. The van der Waals surface area contributed by atoms with Gasteiger partial charge in [0.2, 0.25) is 0 Å². The van der Waals surface area contributed by atoms with Crippen LogP contribution in [0.15, 0.2) is 53.0 Å². The normalized spacial score (nSPS) is 10.1. The molecule has 0 atom stereocenters. The monoisotopic (exact) mass is 306 g/mol. The first kappa shape index (κ1) is 12.8. The van der Waals surface area contributed by atoms with Crippen LogP contribution in [0.2, 0.25) is 0 Å². The van der Waals surface area contributed by atoms with Gasteiger partial charge >= 0.3 is 0 Å². The molecule has 18 heavy (non-hydrogen) atoms. The first-order valence-electron chi connectivity index (χ1n) is 5.72. The predicted octanol–water partition coefficient (Wildman–Crippen LogP) is 3.52. The first-order chi connectivity index (χ1) is 8.74. The smallest absolute Gasteiger partial charge is 0.119 e. The van der Waals surface area contributed by atoms with E-state index in [1.54, 1.807) is 0 Å². The summed E-state index contributed by atoms with van der Waals surface area (Å²) in [6, 6.07) is 15.5. The summed E-state index contributed by atoms with van der Waals surface area (Å²) in [5.74, 6) is 0.873. The summed E-state index contributed by atoms with van der Waals surface area (Å²) in [5, 5.41) is 3.26. The summed E-state index contributed by atoms with van der Waals surface area (Å²) in [4.78, 5) is 0. The van der Waals surface area contributed by atoms with Gasteiger partial charge in [-0.05, 0) is 48.5 Å². The van der Waals surface area contributed by atoms with Crippen LogP contribution in [0.1, 0.15) is 0 Å². The van der Waals surface area contributed by atoms with Crippen LogP contribution in [-0.2, 0) is 0 Å². The lowest BCUT2D eigenvalue weighted by molar-refractivity contribution is 0.333. The van der Waals surface area contributed by atoms with E-state index in [1.807, 2.05) is 48.5 Å². The van der Waals surface area contributed by atoms with E-state index in [-0.39, 0.29) is 0 Å². The van der Waals surface area contributed by atoms with Crippen LogP contribution in [-0.4, -0.2) is 13.2 Å². The number of benzene rings is 2.